The van der Waals surface area contributed by atoms with E-state index in [4.69, 9.17) is 17.2 Å². The summed E-state index contributed by atoms with van der Waals surface area (Å²) in [7, 11) is 0. The largest absolute Gasteiger partial charge is 0.420 e. The summed E-state index contributed by atoms with van der Waals surface area (Å²) in [6, 6.07) is 0.668. The molecule has 1 rings (SSSR count). The minimum absolute atomic E-state index is 0.120. The highest BCUT2D eigenvalue weighted by molar-refractivity contribution is 5.98. The molecule has 0 fully saturated rings. The molecule has 0 saturated heterocycles. The summed E-state index contributed by atoms with van der Waals surface area (Å²) in [5.41, 5.74) is 8.11. The van der Waals surface area contributed by atoms with Gasteiger partial charge >= 0.3 is 12.4 Å². The highest BCUT2D eigenvalue weighted by Gasteiger charge is 2.60. The average Bonchev–Trinajstić information content (AvgIpc) is 2.90. The van der Waals surface area contributed by atoms with E-state index in [1.165, 1.54) is 23.5 Å². The van der Waals surface area contributed by atoms with Gasteiger partial charge in [-0.25, -0.2) is 0 Å². The fourth-order valence-electron chi connectivity index (χ4n) is 3.56. The quantitative estimate of drug-likeness (QED) is 0.110. The topological polar surface area (TPSA) is 212 Å². The number of carbonyl (C=O) groups is 5. The number of rotatable bonds is 14. The molecule has 10 N–H and O–H groups in total. The van der Waals surface area contributed by atoms with E-state index < -0.39 is 76.7 Å². The lowest BCUT2D eigenvalue weighted by Gasteiger charge is -2.34. The van der Waals surface area contributed by atoms with Crippen molar-refractivity contribution in [1.29, 1.82) is 0 Å². The number of primary amides is 1. The summed E-state index contributed by atoms with van der Waals surface area (Å²) < 4.78 is 83.7. The van der Waals surface area contributed by atoms with Gasteiger partial charge in [-0.1, -0.05) is 30.3 Å². The Morgan fingerprint density at radius 2 is 1.35 bits per heavy atom. The third-order valence-corrected chi connectivity index (χ3v) is 6.52. The standard InChI is InChI=1S/C25H35F6N7O5/c1-13(17(33)39)36-20(42)22(3,24(26,27)28)38-18(40)14(2)35-19(41)16(11-7-8-12-32)37-21(43)23(34,25(29,30)31)15-9-5-4-6-10-15/h4-6,9-10,13-14,16H,7-8,11-12,32,34H2,1-3H3,(H2,33,39)(H,35,41)(H,36,42)(H,37,43)(H,38,40)/t13-,14-,16-,22-,23+/m0/s1. The number of benzene rings is 1. The molecule has 1 aromatic carbocycles. The number of nitrogens with one attached hydrogen (secondary N) is 4. The highest BCUT2D eigenvalue weighted by atomic mass is 19.4. The molecule has 0 spiro atoms. The van der Waals surface area contributed by atoms with Crippen LogP contribution in [0.1, 0.15) is 45.6 Å². The molecule has 5 amide bonds. The SMILES string of the molecule is C[C@H](NC(=O)[C@](C)(NC(=O)[C@H](C)NC(=O)[C@H](CCCCN)NC(=O)[C@](N)(c1ccccc1)C(F)(F)F)C(F)(F)F)C(N)=O. The molecule has 5 atom stereocenters. The van der Waals surface area contributed by atoms with Crippen LogP contribution in [0.25, 0.3) is 0 Å². The van der Waals surface area contributed by atoms with Gasteiger partial charge in [-0.2, -0.15) is 26.3 Å². The third-order valence-electron chi connectivity index (χ3n) is 6.52. The number of carbonyl (C=O) groups excluding carboxylic acids is 5. The fourth-order valence-corrected chi connectivity index (χ4v) is 3.56. The van der Waals surface area contributed by atoms with Crippen LogP contribution in [0.15, 0.2) is 30.3 Å². The van der Waals surface area contributed by atoms with Crippen LogP contribution in [0.4, 0.5) is 26.3 Å². The van der Waals surface area contributed by atoms with Crippen molar-refractivity contribution in [1.82, 2.24) is 21.3 Å². The Hall–Kier alpha value is -3.93. The average molecular weight is 628 g/mol. The van der Waals surface area contributed by atoms with Crippen LogP contribution in [0.2, 0.25) is 0 Å². The van der Waals surface area contributed by atoms with Gasteiger partial charge in [0.1, 0.15) is 18.1 Å². The molecule has 0 heterocycles. The molecule has 18 heteroatoms. The van der Waals surface area contributed by atoms with E-state index in [9.17, 15) is 50.3 Å². The summed E-state index contributed by atoms with van der Waals surface area (Å²) in [6.45, 7) is 2.37. The predicted molar refractivity (Wildman–Crippen MR) is 140 cm³/mol. The summed E-state index contributed by atoms with van der Waals surface area (Å²) in [5, 5.41) is 7.14. The van der Waals surface area contributed by atoms with Gasteiger partial charge in [0, 0.05) is 0 Å². The van der Waals surface area contributed by atoms with Crippen molar-refractivity contribution in [3.05, 3.63) is 35.9 Å². The Kier molecular flexibility index (Phi) is 12.5. The molecule has 0 aliphatic rings. The molecule has 0 aromatic heterocycles. The van der Waals surface area contributed by atoms with Crippen LogP contribution in [-0.2, 0) is 29.5 Å². The van der Waals surface area contributed by atoms with Gasteiger partial charge in [0.2, 0.25) is 28.8 Å². The van der Waals surface area contributed by atoms with Gasteiger partial charge < -0.3 is 38.5 Å². The Bertz CT molecular complexity index is 1170. The molecule has 1 aromatic rings. The normalized spacial score (nSPS) is 16.8. The van der Waals surface area contributed by atoms with Gasteiger partial charge in [-0.3, -0.25) is 24.0 Å². The van der Waals surface area contributed by atoms with Gasteiger partial charge in [-0.15, -0.1) is 0 Å². The fraction of sp³-hybridized carbons (Fsp3) is 0.560. The first-order valence-electron chi connectivity index (χ1n) is 12.8. The Morgan fingerprint density at radius 1 is 0.791 bits per heavy atom. The first kappa shape index (κ1) is 37.1. The lowest BCUT2D eigenvalue weighted by atomic mass is 9.88. The summed E-state index contributed by atoms with van der Waals surface area (Å²) in [5.74, 6) is -7.56. The minimum atomic E-state index is -5.40. The molecule has 0 radical (unpaired) electrons. The zero-order chi connectivity index (χ0) is 33.4. The van der Waals surface area contributed by atoms with Gasteiger partial charge in [0.25, 0.3) is 11.8 Å². The van der Waals surface area contributed by atoms with Gasteiger partial charge in [0.05, 0.1) is 0 Å². The Balaban J connectivity index is 3.23. The van der Waals surface area contributed by atoms with E-state index in [1.807, 2.05) is 10.6 Å². The van der Waals surface area contributed by atoms with Crippen LogP contribution < -0.4 is 38.5 Å². The van der Waals surface area contributed by atoms with Crippen LogP contribution >= 0.6 is 0 Å². The van der Waals surface area contributed by atoms with E-state index in [2.05, 4.69) is 0 Å². The van der Waals surface area contributed by atoms with Crippen LogP contribution in [-0.4, -0.2) is 72.1 Å². The number of unbranched alkanes of at least 4 members (excludes halogenated alkanes) is 1. The lowest BCUT2D eigenvalue weighted by Crippen LogP contribution is -2.68. The van der Waals surface area contributed by atoms with Crippen molar-refractivity contribution in [3.8, 4) is 0 Å². The van der Waals surface area contributed by atoms with E-state index in [0.717, 1.165) is 26.0 Å². The van der Waals surface area contributed by atoms with Crippen LogP contribution in [0, 0.1) is 0 Å². The maximum atomic E-state index is 14.1. The van der Waals surface area contributed by atoms with Crippen molar-refractivity contribution in [2.75, 3.05) is 6.54 Å². The maximum Gasteiger partial charge on any atom is 0.420 e. The number of halogens is 6. The number of amides is 5. The first-order valence-corrected chi connectivity index (χ1v) is 12.8. The molecular weight excluding hydrogens is 592 g/mol. The molecular formula is C25H35F6N7O5. The molecule has 0 unspecified atom stereocenters. The molecule has 0 aliphatic carbocycles. The second-order valence-corrected chi connectivity index (χ2v) is 9.92. The van der Waals surface area contributed by atoms with Gasteiger partial charge in [0.15, 0.2) is 0 Å². The zero-order valence-electron chi connectivity index (χ0n) is 23.5. The molecule has 43 heavy (non-hydrogen) atoms. The van der Waals surface area contributed by atoms with E-state index in [-0.39, 0.29) is 25.8 Å². The van der Waals surface area contributed by atoms with Crippen LogP contribution in [0.5, 0.6) is 0 Å². The van der Waals surface area contributed by atoms with E-state index in [1.54, 1.807) is 5.32 Å². The maximum absolute atomic E-state index is 14.1. The molecule has 0 bridgehead atoms. The van der Waals surface area contributed by atoms with E-state index in [0.29, 0.717) is 6.92 Å². The summed E-state index contributed by atoms with van der Waals surface area (Å²) >= 11 is 0. The smallest absolute Gasteiger partial charge is 0.368 e. The Morgan fingerprint density at radius 3 is 1.81 bits per heavy atom. The number of nitrogens with two attached hydrogens (primary N) is 3. The van der Waals surface area contributed by atoms with Gasteiger partial charge in [-0.05, 0) is 52.1 Å². The third kappa shape index (κ3) is 9.03. The minimum Gasteiger partial charge on any atom is -0.368 e. The monoisotopic (exact) mass is 627 g/mol. The van der Waals surface area contributed by atoms with E-state index >= 15 is 0 Å². The van der Waals surface area contributed by atoms with Crippen molar-refractivity contribution < 1.29 is 50.3 Å². The molecule has 0 saturated carbocycles. The van der Waals surface area contributed by atoms with Crippen molar-refractivity contribution >= 4 is 29.5 Å². The molecule has 242 valence electrons. The number of alkyl halides is 6. The van der Waals surface area contributed by atoms with Crippen molar-refractivity contribution in [3.63, 3.8) is 0 Å². The molecule has 0 aliphatic heterocycles. The number of hydrogen-bond acceptors (Lipinski definition) is 7. The van der Waals surface area contributed by atoms with Crippen molar-refractivity contribution in [2.24, 2.45) is 17.2 Å². The molecule has 12 nitrogen and oxygen atoms in total. The zero-order valence-corrected chi connectivity index (χ0v) is 23.5. The Labute approximate surface area is 242 Å². The summed E-state index contributed by atoms with van der Waals surface area (Å²) in [6.07, 6.45) is -10.6. The van der Waals surface area contributed by atoms with Crippen LogP contribution in [0.3, 0.4) is 0 Å². The number of hydrogen-bond donors (Lipinski definition) is 7. The first-order chi connectivity index (χ1) is 19.6. The second-order valence-electron chi connectivity index (χ2n) is 9.92. The lowest BCUT2D eigenvalue weighted by molar-refractivity contribution is -0.198. The highest BCUT2D eigenvalue weighted by Crippen LogP contribution is 2.37. The second kappa shape index (κ2) is 14.5. The predicted octanol–water partition coefficient (Wildman–Crippen LogP) is -0.0514. The van der Waals surface area contributed by atoms with Crippen molar-refractivity contribution in [2.45, 2.75) is 81.6 Å². The summed E-state index contributed by atoms with van der Waals surface area (Å²) in [4.78, 5) is 62.2.